The summed E-state index contributed by atoms with van der Waals surface area (Å²) in [5.74, 6) is 1.83. The standard InChI is InChI=1S/C47H40ClN5.C36H31Cl2N3.C11H10N2.CH4/c1-4-34-29-42(45(48)44(30-34)52(31-35-15-6-5-7-16-35)39-26-22-36(23-27-39)40-17-10-11-28-49-40)50-38-24-20-37(21-25-38)47-51-41-18-8-9-19-43(41)53(47)46-32(2)13-12-14-33(46)3;1-4-26-21-30(37)34(38)33(22-26)40(23-27-13-6-5-7-14-27)29-19-17-28(18-20-29)36-39-31-15-8-9-16-32(31)41(36)35-24(2)11-10-12-25(35)3;12-10-6-4-9(5-7-10)11-3-1-2-8-13-11;/h5-30,50H,4,31H2,1-3H3;5-22H,4,23H2,1-3H3;1-8H,12H2;1H4. The van der Waals surface area contributed by atoms with Crippen LogP contribution in [0.15, 0.2) is 316 Å². The molecule has 12 aromatic carbocycles. The number of nitrogens with one attached hydrogen (secondary N) is 1. The number of anilines is 7. The Labute approximate surface area is 649 Å². The zero-order chi connectivity index (χ0) is 73.9. The Bertz CT molecular complexity index is 5670. The van der Waals surface area contributed by atoms with Crippen molar-refractivity contribution in [3.63, 3.8) is 0 Å². The normalized spacial score (nSPS) is 10.9. The Morgan fingerprint density at radius 3 is 1.20 bits per heavy atom. The van der Waals surface area contributed by atoms with E-state index in [2.05, 4.69) is 288 Å². The summed E-state index contributed by atoms with van der Waals surface area (Å²) in [7, 11) is 0. The van der Waals surface area contributed by atoms with E-state index >= 15 is 0 Å². The van der Waals surface area contributed by atoms with Crippen LogP contribution in [0, 0.1) is 27.7 Å². The average Bonchev–Trinajstić information content (AvgIpc) is 1.62. The summed E-state index contributed by atoms with van der Waals surface area (Å²) in [5.41, 5.74) is 34.2. The van der Waals surface area contributed by atoms with Crippen molar-refractivity contribution in [1.29, 1.82) is 0 Å². The highest BCUT2D eigenvalue weighted by molar-refractivity contribution is 6.44. The molecule has 13 heteroatoms. The number of pyridine rings is 2. The average molecular weight is 1470 g/mol. The van der Waals surface area contributed by atoms with Crippen molar-refractivity contribution >= 4 is 96.7 Å². The first kappa shape index (κ1) is 74.2. The number of aryl methyl sites for hydroxylation is 6. The van der Waals surface area contributed by atoms with Crippen LogP contribution in [0.2, 0.25) is 15.1 Å². The summed E-state index contributed by atoms with van der Waals surface area (Å²) in [6, 6.07) is 104. The molecule has 0 radical (unpaired) electrons. The molecule has 0 aliphatic carbocycles. The molecule has 108 heavy (non-hydrogen) atoms. The summed E-state index contributed by atoms with van der Waals surface area (Å²) in [6.07, 6.45) is 5.35. The van der Waals surface area contributed by atoms with Crippen LogP contribution in [-0.4, -0.2) is 29.1 Å². The molecular formula is C95H85Cl3N10. The van der Waals surface area contributed by atoms with Crippen molar-refractivity contribution in [3.05, 3.63) is 375 Å². The van der Waals surface area contributed by atoms with Crippen molar-refractivity contribution < 1.29 is 0 Å². The van der Waals surface area contributed by atoms with Gasteiger partial charge >= 0.3 is 0 Å². The topological polar surface area (TPSA) is 106 Å². The Morgan fingerprint density at radius 1 is 0.380 bits per heavy atom. The van der Waals surface area contributed by atoms with Crippen molar-refractivity contribution in [1.82, 2.24) is 29.1 Å². The molecule has 0 atom stereocenters. The van der Waals surface area contributed by atoms with Gasteiger partial charge in [-0.15, -0.1) is 0 Å². The van der Waals surface area contributed by atoms with Gasteiger partial charge in [0.15, 0.2) is 0 Å². The summed E-state index contributed by atoms with van der Waals surface area (Å²) >= 11 is 20.8. The molecule has 0 unspecified atom stereocenters. The molecular weight excluding hydrogens is 1390 g/mol. The Morgan fingerprint density at radius 2 is 0.769 bits per heavy atom. The summed E-state index contributed by atoms with van der Waals surface area (Å²) in [5, 5.41) is 5.45. The number of imidazole rings is 2. The Kier molecular flexibility index (Phi) is 23.4. The molecule has 0 aliphatic heterocycles. The molecule has 0 bridgehead atoms. The number of nitrogens with two attached hydrogens (primary N) is 1. The molecule has 4 heterocycles. The minimum atomic E-state index is 0. The monoisotopic (exact) mass is 1470 g/mol. The van der Waals surface area contributed by atoms with Crippen molar-refractivity contribution in [3.8, 4) is 56.7 Å². The zero-order valence-corrected chi connectivity index (χ0v) is 62.9. The number of benzene rings is 12. The summed E-state index contributed by atoms with van der Waals surface area (Å²) in [6.45, 7) is 14.3. The molecule has 0 aliphatic rings. The van der Waals surface area contributed by atoms with Gasteiger partial charge in [0.25, 0.3) is 0 Å². The number of rotatable bonds is 18. The van der Waals surface area contributed by atoms with E-state index in [9.17, 15) is 0 Å². The maximum atomic E-state index is 7.39. The second-order valence-electron chi connectivity index (χ2n) is 26.6. The lowest BCUT2D eigenvalue weighted by molar-refractivity contribution is 0.971. The van der Waals surface area contributed by atoms with Crippen molar-refractivity contribution in [2.45, 2.75) is 74.9 Å². The molecule has 3 N–H and O–H groups in total. The molecule has 16 rings (SSSR count). The van der Waals surface area contributed by atoms with Gasteiger partial charge in [0, 0.05) is 70.5 Å². The van der Waals surface area contributed by atoms with Crippen LogP contribution in [0.3, 0.4) is 0 Å². The third kappa shape index (κ3) is 16.5. The largest absolute Gasteiger partial charge is 0.399 e. The molecule has 0 amide bonds. The van der Waals surface area contributed by atoms with E-state index in [0.717, 1.165) is 126 Å². The van der Waals surface area contributed by atoms with E-state index < -0.39 is 0 Å². The van der Waals surface area contributed by atoms with E-state index in [4.69, 9.17) is 50.5 Å². The third-order valence-electron chi connectivity index (χ3n) is 19.3. The first-order valence-corrected chi connectivity index (χ1v) is 37.2. The van der Waals surface area contributed by atoms with Gasteiger partial charge in [0.2, 0.25) is 0 Å². The predicted octanol–water partition coefficient (Wildman–Crippen LogP) is 26.2. The zero-order valence-electron chi connectivity index (χ0n) is 60.6. The highest BCUT2D eigenvalue weighted by Gasteiger charge is 2.24. The first-order valence-electron chi connectivity index (χ1n) is 36.0. The number of halogens is 3. The third-order valence-corrected chi connectivity index (χ3v) is 20.5. The molecule has 4 aromatic heterocycles. The molecule has 0 saturated carbocycles. The summed E-state index contributed by atoms with van der Waals surface area (Å²) in [4.78, 5) is 23.5. The second kappa shape index (κ2) is 34.0. The van der Waals surface area contributed by atoms with Crippen LogP contribution in [0.4, 0.5) is 39.8 Å². The smallest absolute Gasteiger partial charge is 0.145 e. The lowest BCUT2D eigenvalue weighted by atomic mass is 10.1. The number of hydrogen-bond acceptors (Lipinski definition) is 8. The fourth-order valence-corrected chi connectivity index (χ4v) is 14.4. The number of para-hydroxylation sites is 6. The van der Waals surface area contributed by atoms with Gasteiger partial charge in [0.05, 0.1) is 77.0 Å². The first-order chi connectivity index (χ1) is 52.3. The fourth-order valence-electron chi connectivity index (χ4n) is 13.7. The minimum Gasteiger partial charge on any atom is -0.399 e. The van der Waals surface area contributed by atoms with E-state index in [1.54, 1.807) is 6.20 Å². The highest BCUT2D eigenvalue weighted by atomic mass is 35.5. The quantitative estimate of drug-likeness (QED) is 0.0819. The number of nitrogens with zero attached hydrogens (tertiary/aromatic N) is 8. The fraction of sp³-hybridized carbons (Fsp3) is 0.116. The highest BCUT2D eigenvalue weighted by Crippen LogP contribution is 2.44. The Hall–Kier alpha value is -12.1. The molecule has 0 saturated heterocycles. The predicted molar refractivity (Wildman–Crippen MR) is 457 cm³/mol. The van der Waals surface area contributed by atoms with Crippen LogP contribution in [-0.2, 0) is 25.9 Å². The van der Waals surface area contributed by atoms with Gasteiger partial charge in [-0.2, -0.15) is 0 Å². The van der Waals surface area contributed by atoms with Crippen LogP contribution in [0.5, 0.6) is 0 Å². The molecule has 10 nitrogen and oxygen atoms in total. The number of hydrogen-bond donors (Lipinski definition) is 2. The molecule has 0 fully saturated rings. The van der Waals surface area contributed by atoms with E-state index in [1.807, 2.05) is 97.2 Å². The number of aromatic nitrogens is 6. The van der Waals surface area contributed by atoms with Gasteiger partial charge in [0.1, 0.15) is 11.6 Å². The van der Waals surface area contributed by atoms with Gasteiger partial charge in [-0.1, -0.05) is 214 Å². The molecule has 536 valence electrons. The van der Waals surface area contributed by atoms with Crippen LogP contribution < -0.4 is 20.9 Å². The van der Waals surface area contributed by atoms with Gasteiger partial charge in [-0.3, -0.25) is 19.1 Å². The SMILES string of the molecule is C.CCc1cc(Cl)c(Cl)c(N(Cc2ccccc2)c2ccc(-c3nc4ccccc4n3-c3c(C)cccc3C)cc2)c1.CCc1cc(Nc2ccc(-c3nc4ccccc4n3-c3c(C)cccc3C)cc2)c(Cl)c(N(Cc2ccccc2)c2ccc(-c3ccccn3)cc2)c1.Nc1ccc(-c2ccccn2)cc1. The van der Waals surface area contributed by atoms with E-state index in [0.29, 0.717) is 28.2 Å². The van der Waals surface area contributed by atoms with Crippen LogP contribution in [0.25, 0.3) is 78.7 Å². The van der Waals surface area contributed by atoms with Gasteiger partial charge in [-0.05, 0) is 231 Å². The maximum absolute atomic E-state index is 7.39. The molecule has 0 spiro atoms. The van der Waals surface area contributed by atoms with E-state index in [1.165, 1.54) is 50.3 Å². The molecule has 16 aromatic rings. The lowest BCUT2D eigenvalue weighted by Crippen LogP contribution is -2.17. The Balaban J connectivity index is 0.000000165. The van der Waals surface area contributed by atoms with Crippen molar-refractivity contribution in [2.24, 2.45) is 0 Å². The van der Waals surface area contributed by atoms with Crippen molar-refractivity contribution in [2.75, 3.05) is 20.9 Å². The number of fused-ring (bicyclic) bond motifs is 2. The van der Waals surface area contributed by atoms with E-state index in [-0.39, 0.29) is 7.43 Å². The maximum Gasteiger partial charge on any atom is 0.145 e. The van der Waals surface area contributed by atoms with Gasteiger partial charge < -0.3 is 20.9 Å². The van der Waals surface area contributed by atoms with Crippen LogP contribution >= 0.6 is 34.8 Å². The second-order valence-corrected chi connectivity index (χ2v) is 27.7. The van der Waals surface area contributed by atoms with Crippen LogP contribution in [0.1, 0.15) is 65.8 Å². The van der Waals surface area contributed by atoms with Gasteiger partial charge in [-0.25, -0.2) is 9.97 Å². The lowest BCUT2D eigenvalue weighted by Gasteiger charge is -2.28. The summed E-state index contributed by atoms with van der Waals surface area (Å²) < 4.78 is 4.58. The number of nitrogen functional groups attached to an aromatic ring is 1. The minimum absolute atomic E-state index is 0.